The molecule has 0 aromatic carbocycles. The summed E-state index contributed by atoms with van der Waals surface area (Å²) in [6.45, 7) is 9.37. The van der Waals surface area contributed by atoms with Crippen LogP contribution in [0.25, 0.3) is 11.4 Å². The third-order valence-corrected chi connectivity index (χ3v) is 3.27. The van der Waals surface area contributed by atoms with Crippen LogP contribution < -0.4 is 5.32 Å². The monoisotopic (exact) mass is 270 g/mol. The number of aryl methyl sites for hydroxylation is 2. The van der Waals surface area contributed by atoms with Gasteiger partial charge in [-0.15, -0.1) is 0 Å². The Labute approximate surface area is 120 Å². The number of aromatic nitrogens is 3. The maximum atomic E-state index is 4.62. The molecule has 2 rings (SSSR count). The average molecular weight is 270 g/mol. The van der Waals surface area contributed by atoms with Gasteiger partial charge in [0.1, 0.15) is 0 Å². The van der Waals surface area contributed by atoms with Crippen LogP contribution in [0.15, 0.2) is 24.5 Å². The Kier molecular flexibility index (Phi) is 4.79. The van der Waals surface area contributed by atoms with E-state index in [1.54, 1.807) is 12.4 Å². The van der Waals surface area contributed by atoms with Gasteiger partial charge in [0.25, 0.3) is 0 Å². The third kappa shape index (κ3) is 3.61. The van der Waals surface area contributed by atoms with Gasteiger partial charge >= 0.3 is 0 Å². The first-order valence-corrected chi connectivity index (χ1v) is 7.06. The normalized spacial score (nSPS) is 11.1. The lowest BCUT2D eigenvalue weighted by atomic mass is 10.1. The molecule has 4 heteroatoms. The SMILES string of the molecule is Cc1nc(-c2cccnc2)nc(C)c1CCNC(C)C. The molecule has 2 heterocycles. The highest BCUT2D eigenvalue weighted by Gasteiger charge is 2.10. The molecule has 106 valence electrons. The Hall–Kier alpha value is -1.81. The summed E-state index contributed by atoms with van der Waals surface area (Å²) in [6, 6.07) is 4.40. The number of nitrogens with one attached hydrogen (secondary N) is 1. The van der Waals surface area contributed by atoms with Crippen LogP contribution >= 0.6 is 0 Å². The van der Waals surface area contributed by atoms with Crippen molar-refractivity contribution in [1.82, 2.24) is 20.3 Å². The van der Waals surface area contributed by atoms with Gasteiger partial charge in [0.2, 0.25) is 0 Å². The standard InChI is InChI=1S/C16H22N4/c1-11(2)18-9-7-15-12(3)19-16(20-13(15)4)14-6-5-8-17-10-14/h5-6,8,10-11,18H,7,9H2,1-4H3. The van der Waals surface area contributed by atoms with E-state index in [2.05, 4.69) is 48.0 Å². The van der Waals surface area contributed by atoms with E-state index >= 15 is 0 Å². The van der Waals surface area contributed by atoms with Crippen LogP contribution in [-0.2, 0) is 6.42 Å². The van der Waals surface area contributed by atoms with E-state index in [4.69, 9.17) is 0 Å². The largest absolute Gasteiger partial charge is 0.314 e. The summed E-state index contributed by atoms with van der Waals surface area (Å²) < 4.78 is 0. The quantitative estimate of drug-likeness (QED) is 0.907. The molecule has 0 saturated heterocycles. The maximum absolute atomic E-state index is 4.62. The Morgan fingerprint density at radius 2 is 1.85 bits per heavy atom. The zero-order valence-corrected chi connectivity index (χ0v) is 12.6. The molecule has 0 saturated carbocycles. The van der Waals surface area contributed by atoms with Crippen LogP contribution in [0.4, 0.5) is 0 Å². The molecule has 0 radical (unpaired) electrons. The molecular weight excluding hydrogens is 248 g/mol. The lowest BCUT2D eigenvalue weighted by molar-refractivity contribution is 0.588. The Balaban J connectivity index is 2.21. The fourth-order valence-electron chi connectivity index (χ4n) is 2.21. The summed E-state index contributed by atoms with van der Waals surface area (Å²) in [4.78, 5) is 13.4. The summed E-state index contributed by atoms with van der Waals surface area (Å²) in [6.07, 6.45) is 4.52. The molecule has 20 heavy (non-hydrogen) atoms. The third-order valence-electron chi connectivity index (χ3n) is 3.27. The topological polar surface area (TPSA) is 50.7 Å². The highest BCUT2D eigenvalue weighted by Crippen LogP contribution is 2.18. The van der Waals surface area contributed by atoms with Crippen LogP contribution in [0.2, 0.25) is 0 Å². The zero-order valence-electron chi connectivity index (χ0n) is 12.6. The Bertz CT molecular complexity index is 541. The van der Waals surface area contributed by atoms with Gasteiger partial charge in [-0.3, -0.25) is 4.98 Å². The molecule has 0 unspecified atom stereocenters. The van der Waals surface area contributed by atoms with E-state index in [-0.39, 0.29) is 0 Å². The first-order chi connectivity index (χ1) is 9.58. The van der Waals surface area contributed by atoms with Gasteiger partial charge < -0.3 is 5.32 Å². The predicted molar refractivity (Wildman–Crippen MR) is 81.6 cm³/mol. The highest BCUT2D eigenvalue weighted by molar-refractivity contribution is 5.54. The Morgan fingerprint density at radius 3 is 2.40 bits per heavy atom. The summed E-state index contributed by atoms with van der Waals surface area (Å²) in [5.41, 5.74) is 4.32. The van der Waals surface area contributed by atoms with Gasteiger partial charge in [0.15, 0.2) is 5.82 Å². The van der Waals surface area contributed by atoms with E-state index in [9.17, 15) is 0 Å². The molecule has 2 aromatic rings. The molecule has 0 bridgehead atoms. The van der Waals surface area contributed by atoms with Crippen LogP contribution in [0.1, 0.15) is 30.8 Å². The average Bonchev–Trinajstić information content (AvgIpc) is 2.42. The number of hydrogen-bond donors (Lipinski definition) is 1. The molecule has 0 aliphatic carbocycles. The van der Waals surface area contributed by atoms with Crippen LogP contribution in [0.5, 0.6) is 0 Å². The van der Waals surface area contributed by atoms with Crippen molar-refractivity contribution in [2.24, 2.45) is 0 Å². The van der Waals surface area contributed by atoms with Gasteiger partial charge in [-0.05, 0) is 44.5 Å². The summed E-state index contributed by atoms with van der Waals surface area (Å²) >= 11 is 0. The van der Waals surface area contributed by atoms with Gasteiger partial charge in [-0.2, -0.15) is 0 Å². The van der Waals surface area contributed by atoms with E-state index in [1.165, 1.54) is 5.56 Å². The number of nitrogens with zero attached hydrogens (tertiary/aromatic N) is 3. The minimum atomic E-state index is 0.506. The number of rotatable bonds is 5. The van der Waals surface area contributed by atoms with Gasteiger partial charge in [0.05, 0.1) is 0 Å². The minimum Gasteiger partial charge on any atom is -0.314 e. The molecule has 0 fully saturated rings. The molecule has 2 aromatic heterocycles. The molecule has 0 aliphatic heterocycles. The zero-order chi connectivity index (χ0) is 14.5. The van der Waals surface area contributed by atoms with Crippen LogP contribution in [0, 0.1) is 13.8 Å². The van der Waals surface area contributed by atoms with E-state index < -0.39 is 0 Å². The van der Waals surface area contributed by atoms with Crippen LogP contribution in [-0.4, -0.2) is 27.5 Å². The van der Waals surface area contributed by atoms with Crippen molar-refractivity contribution in [3.05, 3.63) is 41.5 Å². The van der Waals surface area contributed by atoms with Crippen molar-refractivity contribution in [2.75, 3.05) is 6.54 Å². The summed E-state index contributed by atoms with van der Waals surface area (Å²) in [5.74, 6) is 0.758. The smallest absolute Gasteiger partial charge is 0.161 e. The number of hydrogen-bond acceptors (Lipinski definition) is 4. The molecule has 1 N–H and O–H groups in total. The second-order valence-electron chi connectivity index (χ2n) is 5.30. The van der Waals surface area contributed by atoms with Gasteiger partial charge in [-0.25, -0.2) is 9.97 Å². The number of pyridine rings is 1. The second kappa shape index (κ2) is 6.57. The van der Waals surface area contributed by atoms with E-state index in [0.29, 0.717) is 6.04 Å². The molecule has 0 aliphatic rings. The molecule has 0 amide bonds. The lowest BCUT2D eigenvalue weighted by Gasteiger charge is -2.12. The van der Waals surface area contributed by atoms with Gasteiger partial charge in [-0.1, -0.05) is 13.8 Å². The van der Waals surface area contributed by atoms with Crippen molar-refractivity contribution < 1.29 is 0 Å². The summed E-state index contributed by atoms with van der Waals surface area (Å²) in [7, 11) is 0. The maximum Gasteiger partial charge on any atom is 0.161 e. The predicted octanol–water partition coefficient (Wildman–Crippen LogP) is 2.70. The van der Waals surface area contributed by atoms with E-state index in [1.807, 2.05) is 12.1 Å². The first-order valence-electron chi connectivity index (χ1n) is 7.06. The van der Waals surface area contributed by atoms with Gasteiger partial charge in [0, 0.05) is 35.4 Å². The molecular formula is C16H22N4. The van der Waals surface area contributed by atoms with E-state index in [0.717, 1.165) is 35.7 Å². The fraction of sp³-hybridized carbons (Fsp3) is 0.438. The highest BCUT2D eigenvalue weighted by atomic mass is 14.9. The van der Waals surface area contributed by atoms with Crippen LogP contribution in [0.3, 0.4) is 0 Å². The molecule has 0 atom stereocenters. The van der Waals surface area contributed by atoms with Crippen molar-refractivity contribution >= 4 is 0 Å². The van der Waals surface area contributed by atoms with Crippen molar-refractivity contribution in [3.8, 4) is 11.4 Å². The molecule has 0 spiro atoms. The molecule has 4 nitrogen and oxygen atoms in total. The van der Waals surface area contributed by atoms with Crippen molar-refractivity contribution in [3.63, 3.8) is 0 Å². The second-order valence-corrected chi connectivity index (χ2v) is 5.30. The Morgan fingerprint density at radius 1 is 1.15 bits per heavy atom. The minimum absolute atomic E-state index is 0.506. The lowest BCUT2D eigenvalue weighted by Crippen LogP contribution is -2.25. The summed E-state index contributed by atoms with van der Waals surface area (Å²) in [5, 5.41) is 3.43. The first kappa shape index (κ1) is 14.6. The fourth-order valence-corrected chi connectivity index (χ4v) is 2.21. The van der Waals surface area contributed by atoms with Crippen molar-refractivity contribution in [2.45, 2.75) is 40.2 Å². The van der Waals surface area contributed by atoms with Crippen molar-refractivity contribution in [1.29, 1.82) is 0 Å².